The van der Waals surface area contributed by atoms with E-state index in [2.05, 4.69) is 0 Å². The SMILES string of the molecule is Cc1ccc2c(oc3c(F)c(C)ccc32)c1N. The van der Waals surface area contributed by atoms with Crippen LogP contribution in [0.15, 0.2) is 28.7 Å². The van der Waals surface area contributed by atoms with Crippen molar-refractivity contribution < 1.29 is 8.81 Å². The Labute approximate surface area is 97.8 Å². The fourth-order valence-electron chi connectivity index (χ4n) is 2.09. The third kappa shape index (κ3) is 1.25. The first kappa shape index (κ1) is 10.1. The van der Waals surface area contributed by atoms with Crippen LogP contribution in [-0.4, -0.2) is 0 Å². The van der Waals surface area contributed by atoms with E-state index in [1.807, 2.05) is 25.1 Å². The van der Waals surface area contributed by atoms with E-state index in [1.54, 1.807) is 13.0 Å². The van der Waals surface area contributed by atoms with Gasteiger partial charge in [0.2, 0.25) is 0 Å². The Kier molecular flexibility index (Phi) is 1.93. The Morgan fingerprint density at radius 2 is 1.53 bits per heavy atom. The maximum atomic E-state index is 13.9. The lowest BCUT2D eigenvalue weighted by Gasteiger charge is -1.98. The molecule has 2 aromatic carbocycles. The number of furan rings is 1. The van der Waals surface area contributed by atoms with Gasteiger partial charge in [0.25, 0.3) is 0 Å². The molecule has 17 heavy (non-hydrogen) atoms. The van der Waals surface area contributed by atoms with Crippen LogP contribution in [0.3, 0.4) is 0 Å². The van der Waals surface area contributed by atoms with Gasteiger partial charge < -0.3 is 10.2 Å². The molecule has 1 aromatic heterocycles. The summed E-state index contributed by atoms with van der Waals surface area (Å²) in [6.07, 6.45) is 0. The van der Waals surface area contributed by atoms with Crippen LogP contribution in [0.2, 0.25) is 0 Å². The quantitative estimate of drug-likeness (QED) is 0.593. The van der Waals surface area contributed by atoms with Gasteiger partial charge in [-0.25, -0.2) is 4.39 Å². The average Bonchev–Trinajstić information content (AvgIpc) is 2.69. The van der Waals surface area contributed by atoms with Gasteiger partial charge in [-0.15, -0.1) is 0 Å². The molecule has 2 N–H and O–H groups in total. The zero-order valence-electron chi connectivity index (χ0n) is 9.67. The molecular formula is C14H12FNO. The predicted molar refractivity (Wildman–Crippen MR) is 67.6 cm³/mol. The van der Waals surface area contributed by atoms with Gasteiger partial charge in [0.05, 0.1) is 5.69 Å². The van der Waals surface area contributed by atoms with Crippen LogP contribution in [0.1, 0.15) is 11.1 Å². The molecule has 86 valence electrons. The molecule has 0 unspecified atom stereocenters. The second-order valence-corrected chi connectivity index (χ2v) is 4.35. The van der Waals surface area contributed by atoms with Crippen LogP contribution in [0.5, 0.6) is 0 Å². The van der Waals surface area contributed by atoms with Crippen molar-refractivity contribution in [2.45, 2.75) is 13.8 Å². The third-order valence-corrected chi connectivity index (χ3v) is 3.20. The van der Waals surface area contributed by atoms with E-state index in [4.69, 9.17) is 10.2 Å². The summed E-state index contributed by atoms with van der Waals surface area (Å²) in [5.74, 6) is -0.309. The first-order valence-electron chi connectivity index (χ1n) is 5.46. The van der Waals surface area contributed by atoms with Crippen molar-refractivity contribution in [3.05, 3.63) is 41.2 Å². The fraction of sp³-hybridized carbons (Fsp3) is 0.143. The Bertz CT molecular complexity index is 681. The average molecular weight is 229 g/mol. The standard InChI is InChI=1S/C14H12FNO/c1-7-3-5-9-10-6-4-8(2)12(16)14(10)17-13(9)11(7)15/h3-6H,16H2,1-2H3. The minimum atomic E-state index is -0.309. The number of halogens is 1. The summed E-state index contributed by atoms with van der Waals surface area (Å²) in [7, 11) is 0. The molecule has 0 aliphatic heterocycles. The minimum absolute atomic E-state index is 0.289. The van der Waals surface area contributed by atoms with E-state index in [1.165, 1.54) is 0 Å². The highest BCUT2D eigenvalue weighted by Crippen LogP contribution is 2.35. The zero-order chi connectivity index (χ0) is 12.2. The molecule has 3 aromatic rings. The molecule has 3 rings (SSSR count). The summed E-state index contributed by atoms with van der Waals surface area (Å²) in [5.41, 5.74) is 8.91. The molecule has 0 saturated carbocycles. The molecule has 3 heteroatoms. The summed E-state index contributed by atoms with van der Waals surface area (Å²) < 4.78 is 19.5. The Morgan fingerprint density at radius 3 is 2.24 bits per heavy atom. The van der Waals surface area contributed by atoms with Crippen LogP contribution in [0, 0.1) is 19.7 Å². The third-order valence-electron chi connectivity index (χ3n) is 3.20. The first-order valence-corrected chi connectivity index (χ1v) is 5.46. The molecule has 2 nitrogen and oxygen atoms in total. The second kappa shape index (κ2) is 3.23. The van der Waals surface area contributed by atoms with E-state index in [0.717, 1.165) is 16.3 Å². The van der Waals surface area contributed by atoms with Gasteiger partial charge in [0, 0.05) is 10.8 Å². The molecule has 0 aliphatic carbocycles. The number of hydrogen-bond donors (Lipinski definition) is 1. The van der Waals surface area contributed by atoms with E-state index in [0.29, 0.717) is 16.8 Å². The maximum absolute atomic E-state index is 13.9. The van der Waals surface area contributed by atoms with Gasteiger partial charge in [0.1, 0.15) is 0 Å². The molecule has 0 spiro atoms. The number of nitrogen functional groups attached to an aromatic ring is 1. The molecule has 1 heterocycles. The van der Waals surface area contributed by atoms with Crippen LogP contribution in [0.4, 0.5) is 10.1 Å². The van der Waals surface area contributed by atoms with Gasteiger partial charge >= 0.3 is 0 Å². The molecule has 0 fully saturated rings. The lowest BCUT2D eigenvalue weighted by atomic mass is 10.1. The van der Waals surface area contributed by atoms with Crippen molar-refractivity contribution in [1.29, 1.82) is 0 Å². The number of fused-ring (bicyclic) bond motifs is 3. The van der Waals surface area contributed by atoms with Gasteiger partial charge in [-0.05, 0) is 25.0 Å². The van der Waals surface area contributed by atoms with Crippen molar-refractivity contribution in [2.75, 3.05) is 5.73 Å². The van der Waals surface area contributed by atoms with Gasteiger partial charge in [0.15, 0.2) is 17.0 Å². The minimum Gasteiger partial charge on any atom is -0.451 e. The molecule has 0 atom stereocenters. The second-order valence-electron chi connectivity index (χ2n) is 4.35. The van der Waals surface area contributed by atoms with E-state index < -0.39 is 0 Å². The maximum Gasteiger partial charge on any atom is 0.171 e. The van der Waals surface area contributed by atoms with Crippen LogP contribution in [0.25, 0.3) is 21.9 Å². The molecule has 0 aliphatic rings. The summed E-state index contributed by atoms with van der Waals surface area (Å²) >= 11 is 0. The Balaban J connectivity index is 2.58. The van der Waals surface area contributed by atoms with E-state index >= 15 is 0 Å². The molecule has 0 saturated heterocycles. The predicted octanol–water partition coefficient (Wildman–Crippen LogP) is 3.92. The van der Waals surface area contributed by atoms with E-state index in [9.17, 15) is 4.39 Å². The number of aryl methyl sites for hydroxylation is 2. The molecular weight excluding hydrogens is 217 g/mol. The van der Waals surface area contributed by atoms with E-state index in [-0.39, 0.29) is 11.4 Å². The smallest absolute Gasteiger partial charge is 0.171 e. The van der Waals surface area contributed by atoms with Crippen LogP contribution < -0.4 is 5.73 Å². The van der Waals surface area contributed by atoms with Gasteiger partial charge in [-0.2, -0.15) is 0 Å². The number of rotatable bonds is 0. The summed E-state index contributed by atoms with van der Waals surface area (Å²) in [4.78, 5) is 0. The lowest BCUT2D eigenvalue weighted by Crippen LogP contribution is -1.88. The molecule has 0 radical (unpaired) electrons. The largest absolute Gasteiger partial charge is 0.451 e. The van der Waals surface area contributed by atoms with Crippen molar-refractivity contribution in [3.63, 3.8) is 0 Å². The van der Waals surface area contributed by atoms with Crippen molar-refractivity contribution in [3.8, 4) is 0 Å². The number of hydrogen-bond acceptors (Lipinski definition) is 2. The van der Waals surface area contributed by atoms with Gasteiger partial charge in [-0.1, -0.05) is 24.3 Å². The summed E-state index contributed by atoms with van der Waals surface area (Å²) in [6.45, 7) is 3.63. The summed E-state index contributed by atoms with van der Waals surface area (Å²) in [6, 6.07) is 7.46. The van der Waals surface area contributed by atoms with Crippen molar-refractivity contribution in [1.82, 2.24) is 0 Å². The van der Waals surface area contributed by atoms with Gasteiger partial charge in [-0.3, -0.25) is 0 Å². The zero-order valence-corrected chi connectivity index (χ0v) is 9.67. The highest BCUT2D eigenvalue weighted by molar-refractivity contribution is 6.09. The molecule has 0 bridgehead atoms. The van der Waals surface area contributed by atoms with Crippen molar-refractivity contribution in [2.24, 2.45) is 0 Å². The number of benzene rings is 2. The normalized spacial score (nSPS) is 11.5. The monoisotopic (exact) mass is 229 g/mol. The lowest BCUT2D eigenvalue weighted by molar-refractivity contribution is 0.578. The highest BCUT2D eigenvalue weighted by atomic mass is 19.1. The highest BCUT2D eigenvalue weighted by Gasteiger charge is 2.14. The first-order chi connectivity index (χ1) is 8.09. The number of nitrogens with two attached hydrogens (primary N) is 1. The number of anilines is 1. The van der Waals surface area contributed by atoms with Crippen LogP contribution >= 0.6 is 0 Å². The Hall–Kier alpha value is -2.03. The topological polar surface area (TPSA) is 39.2 Å². The summed E-state index contributed by atoms with van der Waals surface area (Å²) in [5, 5.41) is 1.64. The van der Waals surface area contributed by atoms with Crippen molar-refractivity contribution >= 4 is 27.6 Å². The van der Waals surface area contributed by atoms with Crippen LogP contribution in [-0.2, 0) is 0 Å². The Morgan fingerprint density at radius 1 is 0.941 bits per heavy atom. The fourth-order valence-corrected chi connectivity index (χ4v) is 2.09. The molecule has 0 amide bonds.